The smallest absolute Gasteiger partial charge is 0.334 e. The van der Waals surface area contributed by atoms with Gasteiger partial charge in [0.15, 0.2) is 0 Å². The Balaban J connectivity index is 2.05. The van der Waals surface area contributed by atoms with Gasteiger partial charge in [0.1, 0.15) is 18.3 Å². The van der Waals surface area contributed by atoms with Crippen LogP contribution in [0.5, 0.6) is 0 Å². The first-order chi connectivity index (χ1) is 12.7. The topological polar surface area (TPSA) is 71.1 Å². The molecule has 2 bridgehead atoms. The molecular weight excluding hydrogens is 348 g/mol. The van der Waals surface area contributed by atoms with Crippen molar-refractivity contribution in [3.05, 3.63) is 47.1 Å². The summed E-state index contributed by atoms with van der Waals surface area (Å²) in [5.74, 6) is -2.41. The van der Waals surface area contributed by atoms with Crippen molar-refractivity contribution in [1.29, 1.82) is 0 Å². The molecule has 1 fully saturated rings. The van der Waals surface area contributed by atoms with Crippen LogP contribution in [-0.4, -0.2) is 43.1 Å². The highest BCUT2D eigenvalue weighted by Crippen LogP contribution is 2.44. The molecule has 3 rings (SSSR count). The van der Waals surface area contributed by atoms with Crippen LogP contribution >= 0.6 is 0 Å². The highest BCUT2D eigenvalue weighted by Gasteiger charge is 2.54. The molecule has 0 spiro atoms. The van der Waals surface area contributed by atoms with Gasteiger partial charge in [0.05, 0.1) is 5.92 Å². The van der Waals surface area contributed by atoms with Crippen LogP contribution in [0.1, 0.15) is 34.1 Å². The number of methoxy groups -OCH3 is 1. The van der Waals surface area contributed by atoms with E-state index in [1.165, 1.54) is 0 Å². The van der Waals surface area contributed by atoms with Crippen LogP contribution < -0.4 is 0 Å². The molecule has 27 heavy (non-hydrogen) atoms. The molecule has 5 atom stereocenters. The van der Waals surface area contributed by atoms with Crippen molar-refractivity contribution in [2.75, 3.05) is 7.11 Å². The van der Waals surface area contributed by atoms with Gasteiger partial charge in [-0.3, -0.25) is 0 Å². The summed E-state index contributed by atoms with van der Waals surface area (Å²) in [5, 5.41) is 0. The summed E-state index contributed by atoms with van der Waals surface area (Å²) >= 11 is 0. The van der Waals surface area contributed by atoms with E-state index in [9.17, 15) is 9.59 Å². The standard InChI is InChI=1S/C21H26O6/c1-7-12(3)19(22)25-15-8-11(2)9-21(24-6)10-13(4)17(27-21)18-16(15)14(5)20(23)26-18/h7,9-10,15-18H,5,8H2,1-4,6H3/b11-9-,12-7+/t15-,16+,17-,18-,21+/m0/s1. The van der Waals surface area contributed by atoms with E-state index in [4.69, 9.17) is 18.9 Å². The number of hydrogen-bond acceptors (Lipinski definition) is 6. The van der Waals surface area contributed by atoms with E-state index in [-0.39, 0.29) is 0 Å². The van der Waals surface area contributed by atoms with Gasteiger partial charge in [-0.15, -0.1) is 0 Å². The lowest BCUT2D eigenvalue weighted by Gasteiger charge is -2.30. The summed E-state index contributed by atoms with van der Waals surface area (Å²) in [6.07, 6.45) is 4.19. The number of rotatable bonds is 3. The molecule has 3 heterocycles. The van der Waals surface area contributed by atoms with Crippen LogP contribution in [0.25, 0.3) is 0 Å². The second-order valence-corrected chi connectivity index (χ2v) is 7.38. The lowest BCUT2D eigenvalue weighted by atomic mass is 9.83. The second kappa shape index (κ2) is 7.09. The van der Waals surface area contributed by atoms with E-state index < -0.39 is 42.0 Å². The Kier molecular flexibility index (Phi) is 5.14. The third-order valence-electron chi connectivity index (χ3n) is 5.45. The van der Waals surface area contributed by atoms with Crippen LogP contribution in [0.3, 0.4) is 0 Å². The monoisotopic (exact) mass is 374 g/mol. The fraction of sp³-hybridized carbons (Fsp3) is 0.524. The molecular formula is C21H26O6. The zero-order valence-electron chi connectivity index (χ0n) is 16.4. The average molecular weight is 374 g/mol. The van der Waals surface area contributed by atoms with Gasteiger partial charge in [-0.25, -0.2) is 9.59 Å². The largest absolute Gasteiger partial charge is 0.458 e. The predicted octanol–water partition coefficient (Wildman–Crippen LogP) is 3.00. The second-order valence-electron chi connectivity index (χ2n) is 7.38. The SMILES string of the molecule is C=C1C(=O)O[C@H]2[C@H]1[C@@H](OC(=O)/C(C)=C/C)C/C(C)=C\[C@]1(OC)C=C(C)[C@@H]2O1. The van der Waals surface area contributed by atoms with Gasteiger partial charge < -0.3 is 18.9 Å². The van der Waals surface area contributed by atoms with E-state index >= 15 is 0 Å². The molecule has 0 radical (unpaired) electrons. The van der Waals surface area contributed by atoms with Crippen molar-refractivity contribution >= 4 is 11.9 Å². The number of fused-ring (bicyclic) bond motifs is 4. The first-order valence-corrected chi connectivity index (χ1v) is 9.05. The Hall–Kier alpha value is -2.18. The van der Waals surface area contributed by atoms with Crippen LogP contribution in [0.4, 0.5) is 0 Å². The van der Waals surface area contributed by atoms with Gasteiger partial charge in [0, 0.05) is 24.7 Å². The highest BCUT2D eigenvalue weighted by atomic mass is 16.7. The first-order valence-electron chi connectivity index (χ1n) is 9.05. The zero-order valence-corrected chi connectivity index (χ0v) is 16.4. The van der Waals surface area contributed by atoms with Gasteiger partial charge in [0.2, 0.25) is 5.79 Å². The quantitative estimate of drug-likeness (QED) is 0.430. The zero-order chi connectivity index (χ0) is 19.9. The summed E-state index contributed by atoms with van der Waals surface area (Å²) in [4.78, 5) is 24.7. The minimum absolute atomic E-state index is 0.303. The summed E-state index contributed by atoms with van der Waals surface area (Å²) < 4.78 is 23.2. The van der Waals surface area contributed by atoms with E-state index in [0.717, 1.165) is 11.1 Å². The Morgan fingerprint density at radius 3 is 2.70 bits per heavy atom. The summed E-state index contributed by atoms with van der Waals surface area (Å²) in [7, 11) is 1.57. The van der Waals surface area contributed by atoms with Crippen molar-refractivity contribution in [1.82, 2.24) is 0 Å². The van der Waals surface area contributed by atoms with Crippen LogP contribution in [0, 0.1) is 5.92 Å². The van der Waals surface area contributed by atoms with Crippen LogP contribution in [0.15, 0.2) is 47.1 Å². The van der Waals surface area contributed by atoms with Crippen molar-refractivity contribution in [2.45, 2.75) is 58.2 Å². The average Bonchev–Trinajstić information content (AvgIpc) is 3.11. The Morgan fingerprint density at radius 1 is 1.37 bits per heavy atom. The lowest BCUT2D eigenvalue weighted by molar-refractivity contribution is -0.189. The normalized spacial score (nSPS) is 38.0. The molecule has 0 saturated carbocycles. The van der Waals surface area contributed by atoms with Crippen LogP contribution in [-0.2, 0) is 28.5 Å². The molecule has 3 aliphatic rings. The van der Waals surface area contributed by atoms with Crippen molar-refractivity contribution < 1.29 is 28.5 Å². The minimum Gasteiger partial charge on any atom is -0.458 e. The van der Waals surface area contributed by atoms with Gasteiger partial charge in [-0.2, -0.15) is 0 Å². The van der Waals surface area contributed by atoms with E-state index in [0.29, 0.717) is 17.6 Å². The number of carbonyl (C=O) groups is 2. The molecule has 0 N–H and O–H groups in total. The van der Waals surface area contributed by atoms with Crippen LogP contribution in [0.2, 0.25) is 0 Å². The highest BCUT2D eigenvalue weighted by molar-refractivity contribution is 5.91. The fourth-order valence-corrected chi connectivity index (χ4v) is 3.90. The van der Waals surface area contributed by atoms with E-state index in [1.807, 2.05) is 26.0 Å². The maximum atomic E-state index is 12.4. The summed E-state index contributed by atoms with van der Waals surface area (Å²) in [5.41, 5.74) is 2.63. The fourth-order valence-electron chi connectivity index (χ4n) is 3.90. The molecule has 0 unspecified atom stereocenters. The number of carbonyl (C=O) groups excluding carboxylic acids is 2. The van der Waals surface area contributed by atoms with Gasteiger partial charge in [-0.05, 0) is 45.4 Å². The third kappa shape index (κ3) is 3.39. The number of esters is 2. The maximum absolute atomic E-state index is 12.4. The summed E-state index contributed by atoms with van der Waals surface area (Å²) in [6.45, 7) is 11.2. The number of allylic oxidation sites excluding steroid dienone is 1. The van der Waals surface area contributed by atoms with Crippen molar-refractivity contribution in [3.63, 3.8) is 0 Å². The molecule has 0 aromatic carbocycles. The molecule has 146 valence electrons. The molecule has 1 saturated heterocycles. The molecule has 0 amide bonds. The van der Waals surface area contributed by atoms with Crippen molar-refractivity contribution in [3.8, 4) is 0 Å². The molecule has 3 aliphatic heterocycles. The Bertz CT molecular complexity index is 774. The number of hydrogen-bond donors (Lipinski definition) is 0. The summed E-state index contributed by atoms with van der Waals surface area (Å²) in [6, 6.07) is 0. The first kappa shape index (κ1) is 19.6. The van der Waals surface area contributed by atoms with Gasteiger partial charge in [0.25, 0.3) is 0 Å². The third-order valence-corrected chi connectivity index (χ3v) is 5.45. The van der Waals surface area contributed by atoms with E-state index in [1.54, 1.807) is 27.0 Å². The molecule has 0 aromatic rings. The van der Waals surface area contributed by atoms with Crippen molar-refractivity contribution in [2.24, 2.45) is 5.92 Å². The van der Waals surface area contributed by atoms with Gasteiger partial charge in [-0.1, -0.05) is 18.2 Å². The minimum atomic E-state index is -1.02. The molecule has 0 aliphatic carbocycles. The Morgan fingerprint density at radius 2 is 2.07 bits per heavy atom. The Labute approximate surface area is 159 Å². The molecule has 0 aromatic heterocycles. The van der Waals surface area contributed by atoms with Gasteiger partial charge >= 0.3 is 11.9 Å². The molecule has 6 heteroatoms. The number of ether oxygens (including phenoxy) is 4. The molecule has 6 nitrogen and oxygen atoms in total. The predicted molar refractivity (Wildman–Crippen MR) is 98.6 cm³/mol. The maximum Gasteiger partial charge on any atom is 0.334 e. The lowest BCUT2D eigenvalue weighted by Crippen LogP contribution is -2.41. The van der Waals surface area contributed by atoms with E-state index in [2.05, 4.69) is 6.58 Å².